The lowest BCUT2D eigenvalue weighted by Gasteiger charge is -2.14. The van der Waals surface area contributed by atoms with Crippen LogP contribution in [0.15, 0.2) is 53.5 Å². The Balaban J connectivity index is 1.93. The van der Waals surface area contributed by atoms with E-state index in [1.165, 1.54) is 13.2 Å². The summed E-state index contributed by atoms with van der Waals surface area (Å²) >= 11 is 0. The summed E-state index contributed by atoms with van der Waals surface area (Å²) < 4.78 is 6.47. The van der Waals surface area contributed by atoms with E-state index in [9.17, 15) is 14.4 Å². The highest BCUT2D eigenvalue weighted by atomic mass is 16.5. The number of aryl methyl sites for hydroxylation is 2. The van der Waals surface area contributed by atoms with Gasteiger partial charge in [0.05, 0.1) is 23.9 Å². The first-order valence-corrected chi connectivity index (χ1v) is 8.48. The molecule has 0 bridgehead atoms. The van der Waals surface area contributed by atoms with Crippen molar-refractivity contribution < 1.29 is 14.3 Å². The van der Waals surface area contributed by atoms with Gasteiger partial charge in [-0.05, 0) is 43.2 Å². The normalized spacial score (nSPS) is 10.6. The quantitative estimate of drug-likeness (QED) is 0.722. The second-order valence-corrected chi connectivity index (χ2v) is 6.37. The maximum atomic E-state index is 12.6. The average molecular weight is 364 g/mol. The first kappa shape index (κ1) is 18.4. The van der Waals surface area contributed by atoms with Crippen LogP contribution in [0, 0.1) is 13.8 Å². The van der Waals surface area contributed by atoms with Gasteiger partial charge in [0.25, 0.3) is 0 Å². The smallest absolute Gasteiger partial charge is 0.339 e. The number of aromatic nitrogens is 1. The number of nitrogens with one attached hydrogen (secondary N) is 1. The number of anilines is 1. The van der Waals surface area contributed by atoms with Crippen molar-refractivity contribution in [3.05, 3.63) is 75.6 Å². The van der Waals surface area contributed by atoms with Gasteiger partial charge in [0, 0.05) is 17.6 Å². The van der Waals surface area contributed by atoms with E-state index in [0.717, 1.165) is 11.1 Å². The van der Waals surface area contributed by atoms with Crippen LogP contribution in [0.3, 0.4) is 0 Å². The third-order valence-electron chi connectivity index (χ3n) is 4.34. The number of benzene rings is 2. The minimum absolute atomic E-state index is 0.00911. The number of hydrogen-bond donors (Lipinski definition) is 1. The molecule has 0 aliphatic rings. The van der Waals surface area contributed by atoms with E-state index in [-0.39, 0.29) is 23.4 Å². The van der Waals surface area contributed by atoms with Gasteiger partial charge in [-0.2, -0.15) is 0 Å². The fourth-order valence-electron chi connectivity index (χ4n) is 3.18. The first-order chi connectivity index (χ1) is 12.9. The molecule has 0 atom stereocenters. The van der Waals surface area contributed by atoms with E-state index in [1.807, 2.05) is 26.0 Å². The number of pyridine rings is 1. The fraction of sp³-hybridized carbons (Fsp3) is 0.190. The Hall–Kier alpha value is -3.41. The molecule has 138 valence electrons. The molecule has 0 saturated carbocycles. The van der Waals surface area contributed by atoms with E-state index in [1.54, 1.807) is 35.0 Å². The highest BCUT2D eigenvalue weighted by molar-refractivity contribution is 6.01. The van der Waals surface area contributed by atoms with Gasteiger partial charge in [-0.15, -0.1) is 0 Å². The predicted molar refractivity (Wildman–Crippen MR) is 104 cm³/mol. The zero-order valence-electron chi connectivity index (χ0n) is 15.4. The number of carbonyl (C=O) groups is 2. The summed E-state index contributed by atoms with van der Waals surface area (Å²) in [7, 11) is 1.29. The zero-order valence-corrected chi connectivity index (χ0v) is 15.4. The summed E-state index contributed by atoms with van der Waals surface area (Å²) in [5.41, 5.74) is 3.18. The molecule has 0 aliphatic heterocycles. The molecule has 0 aliphatic carbocycles. The van der Waals surface area contributed by atoms with Crippen LogP contribution in [0.4, 0.5) is 5.69 Å². The second kappa shape index (κ2) is 7.45. The van der Waals surface area contributed by atoms with Crippen molar-refractivity contribution in [2.24, 2.45) is 0 Å². The molecule has 27 heavy (non-hydrogen) atoms. The Bertz CT molecular complexity index is 1100. The number of rotatable bonds is 4. The number of fused-ring (bicyclic) bond motifs is 1. The van der Waals surface area contributed by atoms with Gasteiger partial charge < -0.3 is 14.6 Å². The number of methoxy groups -OCH3 is 1. The molecule has 1 amide bonds. The summed E-state index contributed by atoms with van der Waals surface area (Å²) in [5.74, 6) is -0.832. The molecule has 0 unspecified atom stereocenters. The molecule has 1 heterocycles. The molecule has 0 radical (unpaired) electrons. The van der Waals surface area contributed by atoms with Crippen molar-refractivity contribution in [3.63, 3.8) is 0 Å². The van der Waals surface area contributed by atoms with Crippen LogP contribution in [-0.2, 0) is 16.1 Å². The summed E-state index contributed by atoms with van der Waals surface area (Å²) in [6, 6.07) is 11.9. The maximum absolute atomic E-state index is 12.6. The number of carbonyl (C=O) groups excluding carboxylic acids is 2. The Morgan fingerprint density at radius 3 is 2.59 bits per heavy atom. The molecule has 6 heteroatoms. The van der Waals surface area contributed by atoms with Crippen LogP contribution in [0.1, 0.15) is 21.5 Å². The summed E-state index contributed by atoms with van der Waals surface area (Å²) in [6.45, 7) is 3.84. The van der Waals surface area contributed by atoms with Crippen LogP contribution in [-0.4, -0.2) is 23.6 Å². The van der Waals surface area contributed by atoms with Crippen LogP contribution in [0.25, 0.3) is 10.9 Å². The van der Waals surface area contributed by atoms with E-state index in [4.69, 9.17) is 4.74 Å². The van der Waals surface area contributed by atoms with E-state index >= 15 is 0 Å². The molecular weight excluding hydrogens is 344 g/mol. The van der Waals surface area contributed by atoms with Crippen LogP contribution >= 0.6 is 0 Å². The average Bonchev–Trinajstić information content (AvgIpc) is 2.63. The second-order valence-electron chi connectivity index (χ2n) is 6.37. The lowest BCUT2D eigenvalue weighted by Crippen LogP contribution is -2.22. The largest absolute Gasteiger partial charge is 0.465 e. The molecule has 6 nitrogen and oxygen atoms in total. The van der Waals surface area contributed by atoms with E-state index in [2.05, 4.69) is 5.32 Å². The lowest BCUT2D eigenvalue weighted by atomic mass is 10.1. The van der Waals surface area contributed by atoms with Gasteiger partial charge in [-0.1, -0.05) is 18.2 Å². The highest BCUT2D eigenvalue weighted by Gasteiger charge is 2.14. The maximum Gasteiger partial charge on any atom is 0.339 e. The van der Waals surface area contributed by atoms with Crippen molar-refractivity contribution >= 4 is 28.5 Å². The van der Waals surface area contributed by atoms with E-state index < -0.39 is 5.97 Å². The Kier molecular flexibility index (Phi) is 5.07. The minimum atomic E-state index is -0.522. The monoisotopic (exact) mass is 364 g/mol. The third-order valence-corrected chi connectivity index (χ3v) is 4.34. The molecule has 1 aromatic heterocycles. The molecule has 1 N–H and O–H groups in total. The molecule has 2 aromatic carbocycles. The molecule has 0 spiro atoms. The standard InChI is InChI=1S/C21H20N2O4/c1-13-10-14(2)20-17(11-13)23(9-8-18(20)24)12-19(25)22-16-7-5-4-6-15(16)21(26)27-3/h4-11H,12H2,1-3H3,(H,22,25). The first-order valence-electron chi connectivity index (χ1n) is 8.48. The molecule has 3 aromatic rings. The van der Waals surface area contributed by atoms with Gasteiger partial charge in [0.15, 0.2) is 5.43 Å². The minimum Gasteiger partial charge on any atom is -0.465 e. The van der Waals surface area contributed by atoms with Gasteiger partial charge in [0.2, 0.25) is 5.91 Å². The van der Waals surface area contributed by atoms with Gasteiger partial charge in [0.1, 0.15) is 6.54 Å². The Morgan fingerprint density at radius 1 is 1.11 bits per heavy atom. The van der Waals surface area contributed by atoms with E-state index in [0.29, 0.717) is 16.6 Å². The SMILES string of the molecule is COC(=O)c1ccccc1NC(=O)Cn1ccc(=O)c2c(C)cc(C)cc21. The Morgan fingerprint density at radius 2 is 1.85 bits per heavy atom. The number of para-hydroxylation sites is 1. The summed E-state index contributed by atoms with van der Waals surface area (Å²) in [6.07, 6.45) is 1.61. The molecule has 0 fully saturated rings. The number of nitrogens with zero attached hydrogens (tertiary/aromatic N) is 1. The van der Waals surface area contributed by atoms with Crippen LogP contribution in [0.5, 0.6) is 0 Å². The number of esters is 1. The molecule has 0 saturated heterocycles. The van der Waals surface area contributed by atoms with Crippen molar-refractivity contribution in [2.45, 2.75) is 20.4 Å². The number of amides is 1. The van der Waals surface area contributed by atoms with Gasteiger partial charge >= 0.3 is 5.97 Å². The highest BCUT2D eigenvalue weighted by Crippen LogP contribution is 2.19. The lowest BCUT2D eigenvalue weighted by molar-refractivity contribution is -0.116. The van der Waals surface area contributed by atoms with Gasteiger partial charge in [-0.25, -0.2) is 4.79 Å². The van der Waals surface area contributed by atoms with Crippen LogP contribution < -0.4 is 10.7 Å². The topological polar surface area (TPSA) is 77.4 Å². The molecule has 3 rings (SSSR count). The van der Waals surface area contributed by atoms with Gasteiger partial charge in [-0.3, -0.25) is 9.59 Å². The summed E-state index contributed by atoms with van der Waals surface area (Å²) in [4.78, 5) is 36.7. The Labute approximate surface area is 156 Å². The van der Waals surface area contributed by atoms with Crippen molar-refractivity contribution in [2.75, 3.05) is 12.4 Å². The number of ether oxygens (including phenoxy) is 1. The van der Waals surface area contributed by atoms with Crippen LogP contribution in [0.2, 0.25) is 0 Å². The zero-order chi connectivity index (χ0) is 19.6. The van der Waals surface area contributed by atoms with Crippen molar-refractivity contribution in [1.29, 1.82) is 0 Å². The van der Waals surface area contributed by atoms with Crippen molar-refractivity contribution in [3.8, 4) is 0 Å². The number of hydrogen-bond acceptors (Lipinski definition) is 4. The molecular formula is C21H20N2O4. The van der Waals surface area contributed by atoms with Crippen molar-refractivity contribution in [1.82, 2.24) is 4.57 Å². The fourth-order valence-corrected chi connectivity index (χ4v) is 3.18. The summed E-state index contributed by atoms with van der Waals surface area (Å²) in [5, 5.41) is 3.35. The third kappa shape index (κ3) is 3.74. The predicted octanol–water partition coefficient (Wildman–Crippen LogP) is 3.04.